The quantitative estimate of drug-likeness (QED) is 0.164. The second-order valence-electron chi connectivity index (χ2n) is 10.0. The number of halogens is 3. The molecule has 2 amide bonds. The fraction of sp³-hybridized carbons (Fsp3) is 0.286. The number of carbonyl (C=O) groups is 2. The maximum absolute atomic E-state index is 13.1. The first-order valence-electron chi connectivity index (χ1n) is 12.6. The van der Waals surface area contributed by atoms with Crippen molar-refractivity contribution in [1.29, 1.82) is 0 Å². The summed E-state index contributed by atoms with van der Waals surface area (Å²) in [5.41, 5.74) is 3.56. The summed E-state index contributed by atoms with van der Waals surface area (Å²) in [6, 6.07) is 13.1. The largest absolute Gasteiger partial charge is 0.405 e. The van der Waals surface area contributed by atoms with Gasteiger partial charge in [-0.1, -0.05) is 6.92 Å². The van der Waals surface area contributed by atoms with E-state index in [4.69, 9.17) is 0 Å². The first-order valence-corrected chi connectivity index (χ1v) is 13.5. The van der Waals surface area contributed by atoms with E-state index in [0.717, 1.165) is 15.9 Å². The van der Waals surface area contributed by atoms with Gasteiger partial charge in [-0.2, -0.15) is 13.2 Å². The minimum Gasteiger partial charge on any atom is -0.390 e. The molecule has 5 N–H and O–H groups in total. The zero-order chi connectivity index (χ0) is 29.8. The topological polar surface area (TPSA) is 128 Å². The number of hydrogen-bond donors (Lipinski definition) is 5. The van der Waals surface area contributed by atoms with Crippen LogP contribution in [-0.2, 0) is 0 Å². The summed E-state index contributed by atoms with van der Waals surface area (Å²) in [6.45, 7) is 3.93. The number of nitrogens with one attached hydrogen (secondary N) is 4. The number of nitrogens with zero attached hydrogens (tertiary/aromatic N) is 2. The summed E-state index contributed by atoms with van der Waals surface area (Å²) in [7, 11) is 0. The summed E-state index contributed by atoms with van der Waals surface area (Å²) in [5.74, 6) is -1.06. The molecule has 0 saturated carbocycles. The van der Waals surface area contributed by atoms with Crippen molar-refractivity contribution >= 4 is 56.2 Å². The Morgan fingerprint density at radius 1 is 0.951 bits per heavy atom. The van der Waals surface area contributed by atoms with E-state index >= 15 is 0 Å². The monoisotopic (exact) mass is 586 g/mol. The number of amides is 2. The van der Waals surface area contributed by atoms with Gasteiger partial charge in [0.05, 0.1) is 32.6 Å². The lowest BCUT2D eigenvalue weighted by Gasteiger charge is -2.26. The van der Waals surface area contributed by atoms with Crippen LogP contribution in [0.1, 0.15) is 41.5 Å². The van der Waals surface area contributed by atoms with Crippen molar-refractivity contribution in [3.8, 4) is 0 Å². The van der Waals surface area contributed by atoms with E-state index in [1.807, 2.05) is 30.4 Å². The maximum atomic E-state index is 13.1. The number of pyridine rings is 1. The lowest BCUT2D eigenvalue weighted by Crippen LogP contribution is -2.38. The average Bonchev–Trinajstić information content (AvgIpc) is 3.38. The van der Waals surface area contributed by atoms with E-state index in [9.17, 15) is 27.9 Å². The molecule has 0 aliphatic rings. The van der Waals surface area contributed by atoms with Crippen molar-refractivity contribution < 1.29 is 27.9 Å². The third-order valence-corrected chi connectivity index (χ3v) is 7.19. The second kappa shape index (κ2) is 12.1. The Bertz CT molecular complexity index is 1530. The number of thiazole rings is 1. The minimum atomic E-state index is -4.52. The molecule has 41 heavy (non-hydrogen) atoms. The van der Waals surface area contributed by atoms with Gasteiger partial charge < -0.3 is 26.4 Å². The Labute approximate surface area is 238 Å². The fourth-order valence-electron chi connectivity index (χ4n) is 3.62. The molecule has 0 bridgehead atoms. The van der Waals surface area contributed by atoms with Gasteiger partial charge in [0.25, 0.3) is 11.8 Å². The Balaban J connectivity index is 1.56. The van der Waals surface area contributed by atoms with E-state index in [1.54, 1.807) is 25.4 Å². The lowest BCUT2D eigenvalue weighted by molar-refractivity contribution is -0.123. The van der Waals surface area contributed by atoms with E-state index in [-0.39, 0.29) is 23.6 Å². The summed E-state index contributed by atoms with van der Waals surface area (Å²) in [5, 5.41) is 21.2. The normalized spacial score (nSPS) is 12.6. The molecule has 0 saturated heterocycles. The standard InChI is InChI=1S/C28H29F3N6O3S/c1-16(27(2,3)40)12-33-26(39)20-13-32-24(37-19-8-9-21-23(10-19)41-15-35-21)11-22(20)36-18-6-4-17(5-7-18)25(38)34-14-28(29,30)31/h4-11,13,15-16,40H,12,14H2,1-3H3,(H,33,39)(H,34,38)(H2,32,36,37)/t16-/m1/s1. The van der Waals surface area contributed by atoms with Crippen LogP contribution in [0.4, 0.5) is 36.1 Å². The Morgan fingerprint density at radius 3 is 2.34 bits per heavy atom. The number of rotatable bonds is 10. The van der Waals surface area contributed by atoms with Gasteiger partial charge in [0.2, 0.25) is 0 Å². The molecule has 216 valence electrons. The van der Waals surface area contributed by atoms with Gasteiger partial charge in [-0.15, -0.1) is 11.3 Å². The number of aliphatic hydroxyl groups is 1. The second-order valence-corrected chi connectivity index (χ2v) is 10.9. The number of alkyl halides is 3. The third kappa shape index (κ3) is 8.14. The summed E-state index contributed by atoms with van der Waals surface area (Å²) in [4.78, 5) is 33.9. The smallest absolute Gasteiger partial charge is 0.390 e. The van der Waals surface area contributed by atoms with Crippen LogP contribution in [0.15, 0.2) is 60.2 Å². The van der Waals surface area contributed by atoms with E-state index < -0.39 is 30.1 Å². The van der Waals surface area contributed by atoms with Crippen LogP contribution in [0.5, 0.6) is 0 Å². The van der Waals surface area contributed by atoms with Crippen molar-refractivity contribution in [2.45, 2.75) is 32.5 Å². The Morgan fingerprint density at radius 2 is 1.66 bits per heavy atom. The predicted octanol–water partition coefficient (Wildman–Crippen LogP) is 5.61. The van der Waals surface area contributed by atoms with Gasteiger partial charge >= 0.3 is 6.18 Å². The van der Waals surface area contributed by atoms with Crippen molar-refractivity contribution in [3.63, 3.8) is 0 Å². The molecule has 0 spiro atoms. The summed E-state index contributed by atoms with van der Waals surface area (Å²) < 4.78 is 38.3. The Kier molecular flexibility index (Phi) is 8.78. The molecule has 13 heteroatoms. The van der Waals surface area contributed by atoms with Crippen LogP contribution >= 0.6 is 11.3 Å². The van der Waals surface area contributed by atoms with Crippen LogP contribution in [0.25, 0.3) is 10.2 Å². The molecule has 0 aliphatic heterocycles. The summed E-state index contributed by atoms with van der Waals surface area (Å²) >= 11 is 1.50. The molecule has 1 atom stereocenters. The molecule has 2 heterocycles. The number of aromatic nitrogens is 2. The van der Waals surface area contributed by atoms with Crippen molar-refractivity contribution in [2.75, 3.05) is 23.7 Å². The van der Waals surface area contributed by atoms with Crippen molar-refractivity contribution in [1.82, 2.24) is 20.6 Å². The van der Waals surface area contributed by atoms with Crippen molar-refractivity contribution in [3.05, 3.63) is 71.4 Å². The van der Waals surface area contributed by atoms with E-state index in [0.29, 0.717) is 17.2 Å². The number of benzene rings is 2. The van der Waals surface area contributed by atoms with Gasteiger partial charge in [0, 0.05) is 41.7 Å². The predicted molar refractivity (Wildman–Crippen MR) is 153 cm³/mol. The minimum absolute atomic E-state index is 0.0499. The molecular weight excluding hydrogens is 557 g/mol. The van der Waals surface area contributed by atoms with Gasteiger partial charge in [-0.05, 0) is 56.3 Å². The summed E-state index contributed by atoms with van der Waals surface area (Å²) in [6.07, 6.45) is -3.10. The molecule has 9 nitrogen and oxygen atoms in total. The van der Waals surface area contributed by atoms with E-state index in [1.165, 1.54) is 41.8 Å². The van der Waals surface area contributed by atoms with Crippen LogP contribution in [0.2, 0.25) is 0 Å². The van der Waals surface area contributed by atoms with Gasteiger partial charge in [-0.3, -0.25) is 9.59 Å². The Hall–Kier alpha value is -4.23. The first-order chi connectivity index (χ1) is 19.3. The molecule has 2 aromatic carbocycles. The number of hydrogen-bond acceptors (Lipinski definition) is 8. The van der Waals surface area contributed by atoms with Crippen molar-refractivity contribution in [2.24, 2.45) is 5.92 Å². The SMILES string of the molecule is C[C@H](CNC(=O)c1cnc(Nc2ccc3ncsc3c2)cc1Nc1ccc(C(=O)NCC(F)(F)F)cc1)C(C)(C)O. The highest BCUT2D eigenvalue weighted by atomic mass is 32.1. The fourth-order valence-corrected chi connectivity index (χ4v) is 4.34. The van der Waals surface area contributed by atoms with Crippen LogP contribution < -0.4 is 21.3 Å². The van der Waals surface area contributed by atoms with E-state index in [2.05, 4.69) is 25.9 Å². The average molecular weight is 587 g/mol. The number of anilines is 4. The third-order valence-electron chi connectivity index (χ3n) is 6.40. The molecule has 2 aromatic heterocycles. The van der Waals surface area contributed by atoms with Gasteiger partial charge in [0.15, 0.2) is 0 Å². The molecular formula is C28H29F3N6O3S. The van der Waals surface area contributed by atoms with Crippen LogP contribution in [-0.4, -0.2) is 51.8 Å². The zero-order valence-electron chi connectivity index (χ0n) is 22.5. The van der Waals surface area contributed by atoms with Crippen LogP contribution in [0, 0.1) is 5.92 Å². The first kappa shape index (κ1) is 29.7. The molecule has 0 unspecified atom stereocenters. The molecule has 4 rings (SSSR count). The lowest BCUT2D eigenvalue weighted by atomic mass is 9.93. The highest BCUT2D eigenvalue weighted by molar-refractivity contribution is 7.16. The zero-order valence-corrected chi connectivity index (χ0v) is 23.3. The van der Waals surface area contributed by atoms with Gasteiger partial charge in [0.1, 0.15) is 12.4 Å². The molecule has 0 radical (unpaired) electrons. The van der Waals surface area contributed by atoms with Crippen LogP contribution in [0.3, 0.4) is 0 Å². The maximum Gasteiger partial charge on any atom is 0.405 e. The molecule has 4 aromatic rings. The highest BCUT2D eigenvalue weighted by Gasteiger charge is 2.28. The number of fused-ring (bicyclic) bond motifs is 1. The highest BCUT2D eigenvalue weighted by Crippen LogP contribution is 2.28. The molecule has 0 aliphatic carbocycles. The van der Waals surface area contributed by atoms with Gasteiger partial charge in [-0.25, -0.2) is 9.97 Å². The molecule has 0 fully saturated rings. The number of carbonyl (C=O) groups excluding carboxylic acids is 2.